The SMILES string of the molecule is O=C1CC2(CCN(S(=O)(=O)c3ccc(Oc4ccccc4)cc3)C2)Oc2ccccc21. The van der Waals surface area contributed by atoms with Crippen molar-refractivity contribution in [3.63, 3.8) is 0 Å². The van der Waals surface area contributed by atoms with Crippen LogP contribution in [0.5, 0.6) is 17.2 Å². The van der Waals surface area contributed by atoms with Crippen molar-refractivity contribution in [1.82, 2.24) is 4.31 Å². The number of nitrogens with zero attached hydrogens (tertiary/aromatic N) is 1. The van der Waals surface area contributed by atoms with Gasteiger partial charge in [0, 0.05) is 13.0 Å². The molecule has 1 fully saturated rings. The number of carbonyl (C=O) groups excluding carboxylic acids is 1. The molecule has 0 N–H and O–H groups in total. The van der Waals surface area contributed by atoms with Gasteiger partial charge in [-0.2, -0.15) is 4.31 Å². The first kappa shape index (κ1) is 19.8. The summed E-state index contributed by atoms with van der Waals surface area (Å²) in [7, 11) is -3.71. The highest BCUT2D eigenvalue weighted by Crippen LogP contribution is 2.40. The number of para-hydroxylation sites is 2. The molecule has 2 heterocycles. The molecule has 2 aliphatic heterocycles. The summed E-state index contributed by atoms with van der Waals surface area (Å²) in [6, 6.07) is 22.8. The summed E-state index contributed by atoms with van der Waals surface area (Å²) in [4.78, 5) is 12.8. The normalized spacial score (nSPS) is 21.0. The van der Waals surface area contributed by atoms with Crippen molar-refractivity contribution in [2.24, 2.45) is 0 Å². The Morgan fingerprint density at radius 3 is 2.32 bits per heavy atom. The topological polar surface area (TPSA) is 72.9 Å². The Morgan fingerprint density at radius 2 is 1.55 bits per heavy atom. The van der Waals surface area contributed by atoms with Crippen LogP contribution in [0.4, 0.5) is 0 Å². The van der Waals surface area contributed by atoms with Crippen LogP contribution >= 0.6 is 0 Å². The zero-order valence-corrected chi connectivity index (χ0v) is 17.5. The molecule has 0 amide bonds. The summed E-state index contributed by atoms with van der Waals surface area (Å²) in [6.07, 6.45) is 0.654. The maximum absolute atomic E-state index is 13.2. The van der Waals surface area contributed by atoms with Gasteiger partial charge >= 0.3 is 0 Å². The predicted molar refractivity (Wildman–Crippen MR) is 115 cm³/mol. The third-order valence-electron chi connectivity index (χ3n) is 5.72. The first-order valence-corrected chi connectivity index (χ1v) is 11.5. The Kier molecular flexibility index (Phi) is 4.79. The van der Waals surface area contributed by atoms with Gasteiger partial charge < -0.3 is 9.47 Å². The summed E-state index contributed by atoms with van der Waals surface area (Å²) in [5.41, 5.74) is -0.252. The van der Waals surface area contributed by atoms with Crippen molar-refractivity contribution in [2.45, 2.75) is 23.3 Å². The lowest BCUT2D eigenvalue weighted by Crippen LogP contribution is -2.45. The number of rotatable bonds is 4. The van der Waals surface area contributed by atoms with Gasteiger partial charge in [-0.15, -0.1) is 0 Å². The molecule has 0 aliphatic carbocycles. The van der Waals surface area contributed by atoms with Crippen LogP contribution < -0.4 is 9.47 Å². The summed E-state index contributed by atoms with van der Waals surface area (Å²) >= 11 is 0. The van der Waals surface area contributed by atoms with E-state index in [2.05, 4.69) is 0 Å². The molecule has 2 aliphatic rings. The second-order valence-corrected chi connectivity index (χ2v) is 9.79. The Labute approximate surface area is 181 Å². The van der Waals surface area contributed by atoms with E-state index in [1.165, 1.54) is 4.31 Å². The first-order valence-electron chi connectivity index (χ1n) is 10.1. The monoisotopic (exact) mass is 435 g/mol. The average Bonchev–Trinajstić information content (AvgIpc) is 3.18. The van der Waals surface area contributed by atoms with E-state index < -0.39 is 15.6 Å². The van der Waals surface area contributed by atoms with E-state index in [0.29, 0.717) is 35.8 Å². The third-order valence-corrected chi connectivity index (χ3v) is 7.58. The molecule has 7 heteroatoms. The maximum Gasteiger partial charge on any atom is 0.243 e. The number of ether oxygens (including phenoxy) is 2. The zero-order valence-electron chi connectivity index (χ0n) is 16.7. The van der Waals surface area contributed by atoms with E-state index in [9.17, 15) is 13.2 Å². The standard InChI is InChI=1S/C24H21NO5S/c26-22-16-24(30-23-9-5-4-8-21(22)23)14-15-25(17-24)31(27,28)20-12-10-19(11-13-20)29-18-6-2-1-3-7-18/h1-13H,14-17H2. The molecule has 3 aromatic carbocycles. The van der Waals surface area contributed by atoms with Gasteiger partial charge in [-0.1, -0.05) is 30.3 Å². The van der Waals surface area contributed by atoms with Crippen molar-refractivity contribution >= 4 is 15.8 Å². The fourth-order valence-electron chi connectivity index (χ4n) is 4.14. The number of Topliss-reactive ketones (excluding diaryl/α,β-unsaturated/α-hetero) is 1. The smallest absolute Gasteiger partial charge is 0.243 e. The molecular formula is C24H21NO5S. The van der Waals surface area contributed by atoms with Gasteiger partial charge in [0.2, 0.25) is 10.0 Å². The van der Waals surface area contributed by atoms with Crippen LogP contribution in [0.25, 0.3) is 0 Å². The predicted octanol–water partition coefficient (Wildman–Crippen LogP) is 4.28. The zero-order chi connectivity index (χ0) is 21.5. The van der Waals surface area contributed by atoms with Gasteiger partial charge in [-0.25, -0.2) is 8.42 Å². The Bertz CT molecular complexity index is 1220. The van der Waals surface area contributed by atoms with Gasteiger partial charge in [-0.05, 0) is 48.5 Å². The Hall–Kier alpha value is -3.16. The number of benzene rings is 3. The van der Waals surface area contributed by atoms with Crippen molar-refractivity contribution in [3.05, 3.63) is 84.4 Å². The minimum Gasteiger partial charge on any atom is -0.485 e. The Balaban J connectivity index is 1.33. The lowest BCUT2D eigenvalue weighted by Gasteiger charge is -2.34. The molecule has 5 rings (SSSR count). The fourth-order valence-corrected chi connectivity index (χ4v) is 5.65. The molecule has 3 aromatic rings. The number of carbonyl (C=O) groups is 1. The fraction of sp³-hybridized carbons (Fsp3) is 0.208. The van der Waals surface area contributed by atoms with Crippen LogP contribution in [0.15, 0.2) is 83.8 Å². The number of hydrogen-bond acceptors (Lipinski definition) is 5. The molecule has 6 nitrogen and oxygen atoms in total. The molecule has 0 bridgehead atoms. The molecule has 1 spiro atoms. The van der Waals surface area contributed by atoms with E-state index in [1.54, 1.807) is 42.5 Å². The van der Waals surface area contributed by atoms with Gasteiger partial charge in [-0.3, -0.25) is 4.79 Å². The number of ketones is 1. The van der Waals surface area contributed by atoms with E-state index >= 15 is 0 Å². The molecule has 0 radical (unpaired) electrons. The molecule has 0 saturated carbocycles. The lowest BCUT2D eigenvalue weighted by molar-refractivity contribution is 0.0498. The summed E-state index contributed by atoms with van der Waals surface area (Å²) in [6.45, 7) is 0.456. The first-order chi connectivity index (χ1) is 15.0. The molecular weight excluding hydrogens is 414 g/mol. The van der Waals surface area contributed by atoms with Crippen LogP contribution in [-0.2, 0) is 10.0 Å². The third kappa shape index (κ3) is 3.71. The Morgan fingerprint density at radius 1 is 0.871 bits per heavy atom. The summed E-state index contributed by atoms with van der Waals surface area (Å²) in [5, 5.41) is 0. The highest BCUT2D eigenvalue weighted by molar-refractivity contribution is 7.89. The number of sulfonamides is 1. The van der Waals surface area contributed by atoms with E-state index in [4.69, 9.17) is 9.47 Å². The van der Waals surface area contributed by atoms with Crippen LogP contribution in [0.1, 0.15) is 23.2 Å². The molecule has 1 atom stereocenters. The molecule has 31 heavy (non-hydrogen) atoms. The largest absolute Gasteiger partial charge is 0.485 e. The van der Waals surface area contributed by atoms with Crippen molar-refractivity contribution < 1.29 is 22.7 Å². The lowest BCUT2D eigenvalue weighted by atomic mass is 9.89. The maximum atomic E-state index is 13.2. The van der Waals surface area contributed by atoms with E-state index in [0.717, 1.165) is 0 Å². The quantitative estimate of drug-likeness (QED) is 0.612. The highest BCUT2D eigenvalue weighted by atomic mass is 32.2. The minimum absolute atomic E-state index is 0.0106. The van der Waals surface area contributed by atoms with Crippen molar-refractivity contribution in [3.8, 4) is 17.2 Å². The van der Waals surface area contributed by atoms with E-state index in [-0.39, 0.29) is 23.6 Å². The average molecular weight is 436 g/mol. The highest BCUT2D eigenvalue weighted by Gasteiger charge is 2.48. The van der Waals surface area contributed by atoms with Crippen LogP contribution in [0, 0.1) is 0 Å². The van der Waals surface area contributed by atoms with Crippen LogP contribution in [-0.4, -0.2) is 37.2 Å². The molecule has 0 aromatic heterocycles. The minimum atomic E-state index is -3.71. The van der Waals surface area contributed by atoms with E-state index in [1.807, 2.05) is 36.4 Å². The second-order valence-electron chi connectivity index (χ2n) is 7.86. The summed E-state index contributed by atoms with van der Waals surface area (Å²) in [5.74, 6) is 1.75. The van der Waals surface area contributed by atoms with Crippen LogP contribution in [0.2, 0.25) is 0 Å². The van der Waals surface area contributed by atoms with Gasteiger partial charge in [0.15, 0.2) is 5.78 Å². The second kappa shape index (κ2) is 7.51. The van der Waals surface area contributed by atoms with Gasteiger partial charge in [0.25, 0.3) is 0 Å². The number of fused-ring (bicyclic) bond motifs is 1. The molecule has 1 unspecified atom stereocenters. The summed E-state index contributed by atoms with van der Waals surface area (Å²) < 4.78 is 39.7. The number of hydrogen-bond donors (Lipinski definition) is 0. The van der Waals surface area contributed by atoms with Crippen molar-refractivity contribution in [2.75, 3.05) is 13.1 Å². The molecule has 1 saturated heterocycles. The van der Waals surface area contributed by atoms with Crippen LogP contribution in [0.3, 0.4) is 0 Å². The van der Waals surface area contributed by atoms with Crippen molar-refractivity contribution in [1.29, 1.82) is 0 Å². The van der Waals surface area contributed by atoms with Gasteiger partial charge in [0.05, 0.1) is 23.4 Å². The van der Waals surface area contributed by atoms with Gasteiger partial charge in [0.1, 0.15) is 22.8 Å². The molecule has 158 valence electrons.